The van der Waals surface area contributed by atoms with Gasteiger partial charge >= 0.3 is 5.97 Å². The maximum absolute atomic E-state index is 11.2. The normalized spacial score (nSPS) is 12.4. The highest BCUT2D eigenvalue weighted by atomic mass is 16.6. The number of aromatic carboxylic acids is 1. The van der Waals surface area contributed by atoms with Crippen molar-refractivity contribution in [1.29, 1.82) is 0 Å². The van der Waals surface area contributed by atoms with E-state index in [-0.39, 0.29) is 17.9 Å². The standard InChI is InChI=1S/C15H21NO6/c1-15(2,3)22-13(16-9-17)8-21-12-7-10(20-4)5-6-11(12)14(18)19/h5-7,9,13H,8H2,1-4H3,(H,16,17)(H,18,19). The molecule has 0 bridgehead atoms. The molecule has 1 amide bonds. The summed E-state index contributed by atoms with van der Waals surface area (Å²) in [7, 11) is 1.47. The number of benzene rings is 1. The lowest BCUT2D eigenvalue weighted by molar-refractivity contribution is -0.123. The second kappa shape index (κ2) is 7.65. The molecular formula is C15H21NO6. The second-order valence-electron chi connectivity index (χ2n) is 5.48. The van der Waals surface area contributed by atoms with E-state index < -0.39 is 17.8 Å². The summed E-state index contributed by atoms with van der Waals surface area (Å²) in [5.41, 5.74) is -0.491. The highest BCUT2D eigenvalue weighted by Crippen LogP contribution is 2.25. The van der Waals surface area contributed by atoms with Crippen LogP contribution in [-0.4, -0.2) is 43.0 Å². The maximum Gasteiger partial charge on any atom is 0.339 e. The van der Waals surface area contributed by atoms with Gasteiger partial charge in [-0.15, -0.1) is 0 Å². The van der Waals surface area contributed by atoms with Crippen LogP contribution in [0.2, 0.25) is 0 Å². The van der Waals surface area contributed by atoms with Gasteiger partial charge < -0.3 is 24.6 Å². The average Bonchev–Trinajstić information content (AvgIpc) is 2.43. The van der Waals surface area contributed by atoms with Crippen LogP contribution in [0.5, 0.6) is 11.5 Å². The number of hydrogen-bond donors (Lipinski definition) is 2. The SMILES string of the molecule is COc1ccc(C(=O)O)c(OCC(NC=O)OC(C)(C)C)c1. The minimum absolute atomic E-state index is 0.00131. The molecule has 2 N–H and O–H groups in total. The zero-order valence-corrected chi connectivity index (χ0v) is 13.1. The van der Waals surface area contributed by atoms with Crippen LogP contribution in [-0.2, 0) is 9.53 Å². The summed E-state index contributed by atoms with van der Waals surface area (Å²) >= 11 is 0. The van der Waals surface area contributed by atoms with Crippen LogP contribution in [0.25, 0.3) is 0 Å². The summed E-state index contributed by atoms with van der Waals surface area (Å²) in [5, 5.41) is 11.6. The topological polar surface area (TPSA) is 94.1 Å². The first-order chi connectivity index (χ1) is 10.3. The Bertz CT molecular complexity index is 523. The summed E-state index contributed by atoms with van der Waals surface area (Å²) < 4.78 is 16.2. The van der Waals surface area contributed by atoms with Gasteiger partial charge in [0.15, 0.2) is 6.23 Å². The zero-order valence-electron chi connectivity index (χ0n) is 13.1. The van der Waals surface area contributed by atoms with Gasteiger partial charge in [0.25, 0.3) is 0 Å². The second-order valence-corrected chi connectivity index (χ2v) is 5.48. The fraction of sp³-hybridized carbons (Fsp3) is 0.467. The van der Waals surface area contributed by atoms with Crippen molar-refractivity contribution >= 4 is 12.4 Å². The number of carboxylic acid groups (broad SMARTS) is 1. The van der Waals surface area contributed by atoms with Gasteiger partial charge in [-0.3, -0.25) is 4.79 Å². The van der Waals surface area contributed by atoms with E-state index in [0.29, 0.717) is 12.2 Å². The molecule has 122 valence electrons. The van der Waals surface area contributed by atoms with Crippen molar-refractivity contribution in [2.24, 2.45) is 0 Å². The van der Waals surface area contributed by atoms with E-state index in [9.17, 15) is 9.59 Å². The van der Waals surface area contributed by atoms with Gasteiger partial charge in [-0.25, -0.2) is 4.79 Å². The summed E-state index contributed by atoms with van der Waals surface area (Å²) in [6.45, 7) is 5.46. The van der Waals surface area contributed by atoms with Crippen molar-refractivity contribution in [3.63, 3.8) is 0 Å². The highest BCUT2D eigenvalue weighted by molar-refractivity contribution is 5.91. The lowest BCUT2D eigenvalue weighted by Crippen LogP contribution is -2.41. The molecule has 1 unspecified atom stereocenters. The largest absolute Gasteiger partial charge is 0.497 e. The first-order valence-electron chi connectivity index (χ1n) is 6.68. The summed E-state index contributed by atoms with van der Waals surface area (Å²) in [5.74, 6) is -0.506. The predicted octanol–water partition coefficient (Wildman–Crippen LogP) is 1.66. The molecule has 0 heterocycles. The van der Waals surface area contributed by atoms with Gasteiger partial charge in [0.2, 0.25) is 6.41 Å². The van der Waals surface area contributed by atoms with Gasteiger partial charge in [-0.05, 0) is 32.9 Å². The van der Waals surface area contributed by atoms with Crippen LogP contribution in [0.15, 0.2) is 18.2 Å². The van der Waals surface area contributed by atoms with Gasteiger partial charge in [-0.1, -0.05) is 0 Å². The van der Waals surface area contributed by atoms with Gasteiger partial charge in [-0.2, -0.15) is 0 Å². The molecule has 1 aromatic carbocycles. The van der Waals surface area contributed by atoms with Crippen molar-refractivity contribution < 1.29 is 28.9 Å². The first kappa shape index (κ1) is 17.8. The average molecular weight is 311 g/mol. The molecule has 0 aliphatic rings. The van der Waals surface area contributed by atoms with Crippen LogP contribution in [0.3, 0.4) is 0 Å². The van der Waals surface area contributed by atoms with Crippen molar-refractivity contribution in [3.05, 3.63) is 23.8 Å². The Kier molecular flexibility index (Phi) is 6.18. The number of carboxylic acids is 1. The number of hydrogen-bond acceptors (Lipinski definition) is 5. The van der Waals surface area contributed by atoms with E-state index in [4.69, 9.17) is 19.3 Å². The predicted molar refractivity (Wildman–Crippen MR) is 79.3 cm³/mol. The lowest BCUT2D eigenvalue weighted by atomic mass is 10.2. The van der Waals surface area contributed by atoms with Crippen molar-refractivity contribution in [1.82, 2.24) is 5.32 Å². The van der Waals surface area contributed by atoms with Gasteiger partial charge in [0, 0.05) is 6.07 Å². The molecule has 0 aromatic heterocycles. The quantitative estimate of drug-likeness (QED) is 0.560. The molecule has 0 spiro atoms. The number of carbonyl (C=O) groups excluding carboxylic acids is 1. The van der Waals surface area contributed by atoms with Crippen LogP contribution in [0, 0.1) is 0 Å². The zero-order chi connectivity index (χ0) is 16.8. The number of nitrogens with one attached hydrogen (secondary N) is 1. The van der Waals surface area contributed by atoms with Crippen LogP contribution in [0.1, 0.15) is 31.1 Å². The third kappa shape index (κ3) is 5.61. The number of amides is 1. The molecule has 0 saturated carbocycles. The van der Waals surface area contributed by atoms with Crippen LogP contribution >= 0.6 is 0 Å². The Morgan fingerprint density at radius 2 is 2.09 bits per heavy atom. The van der Waals surface area contributed by atoms with Crippen LogP contribution in [0.4, 0.5) is 0 Å². The van der Waals surface area contributed by atoms with Crippen molar-refractivity contribution in [2.45, 2.75) is 32.6 Å². The van der Waals surface area contributed by atoms with E-state index in [1.165, 1.54) is 25.3 Å². The molecule has 1 aromatic rings. The van der Waals surface area contributed by atoms with Crippen LogP contribution < -0.4 is 14.8 Å². The number of rotatable bonds is 8. The van der Waals surface area contributed by atoms with E-state index >= 15 is 0 Å². The minimum atomic E-state index is -1.12. The third-order valence-electron chi connectivity index (χ3n) is 2.56. The maximum atomic E-state index is 11.2. The summed E-state index contributed by atoms with van der Waals surface area (Å²) in [4.78, 5) is 21.8. The summed E-state index contributed by atoms with van der Waals surface area (Å²) in [6.07, 6.45) is -0.200. The molecule has 0 aliphatic heterocycles. The van der Waals surface area contributed by atoms with Crippen molar-refractivity contribution in [2.75, 3.05) is 13.7 Å². The number of carbonyl (C=O) groups is 2. The van der Waals surface area contributed by atoms with E-state index in [0.717, 1.165) is 0 Å². The Morgan fingerprint density at radius 1 is 1.41 bits per heavy atom. The third-order valence-corrected chi connectivity index (χ3v) is 2.56. The Balaban J connectivity index is 2.87. The Morgan fingerprint density at radius 3 is 2.59 bits per heavy atom. The molecule has 7 nitrogen and oxygen atoms in total. The van der Waals surface area contributed by atoms with E-state index in [2.05, 4.69) is 5.32 Å². The van der Waals surface area contributed by atoms with E-state index in [1.807, 2.05) is 20.8 Å². The fourth-order valence-electron chi connectivity index (χ4n) is 1.71. The molecule has 0 saturated heterocycles. The Labute approximate surface area is 129 Å². The van der Waals surface area contributed by atoms with Crippen molar-refractivity contribution in [3.8, 4) is 11.5 Å². The fourth-order valence-corrected chi connectivity index (χ4v) is 1.71. The van der Waals surface area contributed by atoms with Gasteiger partial charge in [0.05, 0.1) is 12.7 Å². The molecule has 0 aliphatic carbocycles. The van der Waals surface area contributed by atoms with Gasteiger partial charge in [0.1, 0.15) is 23.7 Å². The molecule has 7 heteroatoms. The molecule has 0 radical (unpaired) electrons. The molecule has 0 fully saturated rings. The monoisotopic (exact) mass is 311 g/mol. The molecule has 22 heavy (non-hydrogen) atoms. The number of ether oxygens (including phenoxy) is 3. The van der Waals surface area contributed by atoms with E-state index in [1.54, 1.807) is 0 Å². The molecule has 1 atom stereocenters. The summed E-state index contributed by atoms with van der Waals surface area (Å²) in [6, 6.07) is 4.39. The highest BCUT2D eigenvalue weighted by Gasteiger charge is 2.20. The lowest BCUT2D eigenvalue weighted by Gasteiger charge is -2.27. The first-order valence-corrected chi connectivity index (χ1v) is 6.68. The number of methoxy groups -OCH3 is 1. The molecule has 1 rings (SSSR count). The Hall–Kier alpha value is -2.28. The smallest absolute Gasteiger partial charge is 0.339 e. The molecular weight excluding hydrogens is 290 g/mol. The minimum Gasteiger partial charge on any atom is -0.497 e.